The van der Waals surface area contributed by atoms with E-state index in [1.54, 1.807) is 0 Å². The molecule has 274 valence electrons. The maximum absolute atomic E-state index is 12.5. The Morgan fingerprint density at radius 1 is 0.652 bits per heavy atom. The minimum atomic E-state index is -4.50. The highest BCUT2D eigenvalue weighted by atomic mass is 31.2. The first kappa shape index (κ1) is 45.2. The minimum absolute atomic E-state index is 0.0513. The Morgan fingerprint density at radius 2 is 1.11 bits per heavy atom. The molecule has 9 nitrogen and oxygen atoms in total. The van der Waals surface area contributed by atoms with Gasteiger partial charge in [0.25, 0.3) is 0 Å². The van der Waals surface area contributed by atoms with Crippen molar-refractivity contribution in [2.45, 2.75) is 180 Å². The van der Waals surface area contributed by atoms with Gasteiger partial charge in [0, 0.05) is 13.0 Å². The molecule has 3 unspecified atom stereocenters. The molecule has 3 atom stereocenters. The van der Waals surface area contributed by atoms with Gasteiger partial charge >= 0.3 is 13.8 Å². The van der Waals surface area contributed by atoms with Crippen molar-refractivity contribution in [2.24, 2.45) is 0 Å². The van der Waals surface area contributed by atoms with E-state index in [4.69, 9.17) is 23.6 Å². The van der Waals surface area contributed by atoms with Gasteiger partial charge in [-0.25, -0.2) is 4.57 Å². The lowest BCUT2D eigenvalue weighted by Crippen LogP contribution is -2.29. The van der Waals surface area contributed by atoms with Crippen molar-refractivity contribution < 1.29 is 43.0 Å². The third-order valence-electron chi connectivity index (χ3n) is 7.95. The van der Waals surface area contributed by atoms with Gasteiger partial charge in [-0.3, -0.25) is 13.8 Å². The molecule has 3 N–H and O–H groups in total. The van der Waals surface area contributed by atoms with Crippen LogP contribution >= 0.6 is 7.82 Å². The average Bonchev–Trinajstić information content (AvgIpc) is 3.04. The molecule has 46 heavy (non-hydrogen) atoms. The Balaban J connectivity index is 4.16. The fourth-order valence-electron chi connectivity index (χ4n) is 5.05. The summed E-state index contributed by atoms with van der Waals surface area (Å²) in [4.78, 5) is 22.4. The van der Waals surface area contributed by atoms with Crippen molar-refractivity contribution in [2.75, 3.05) is 33.0 Å². The van der Waals surface area contributed by atoms with Crippen molar-refractivity contribution in [3.8, 4) is 0 Å². The Bertz CT molecular complexity index is 734. The summed E-state index contributed by atoms with van der Waals surface area (Å²) in [6, 6.07) is 0. The molecule has 0 heterocycles. The van der Waals surface area contributed by atoms with Gasteiger partial charge in [0.15, 0.2) is 0 Å². The van der Waals surface area contributed by atoms with Crippen LogP contribution in [0.25, 0.3) is 0 Å². The second-order valence-corrected chi connectivity index (χ2v) is 14.1. The Kier molecular flexibility index (Phi) is 33.5. The van der Waals surface area contributed by atoms with Gasteiger partial charge in [0.1, 0.15) is 12.2 Å². The van der Waals surface area contributed by atoms with Gasteiger partial charge in [0.05, 0.1) is 26.4 Å². The third kappa shape index (κ3) is 33.1. The highest BCUT2D eigenvalue weighted by molar-refractivity contribution is 7.47. The SMILES string of the molecule is CCCCCCCC/C=C\CCCCCCCCCC(=O)OC(COCCCCCCCCCC)COP(=O)(O)OCC(O)CO. The van der Waals surface area contributed by atoms with Crippen LogP contribution in [0.15, 0.2) is 12.2 Å². The Morgan fingerprint density at radius 3 is 1.63 bits per heavy atom. The third-order valence-corrected chi connectivity index (χ3v) is 8.90. The molecule has 0 radical (unpaired) electrons. The highest BCUT2D eigenvalue weighted by Crippen LogP contribution is 2.43. The van der Waals surface area contributed by atoms with Crippen molar-refractivity contribution in [3.63, 3.8) is 0 Å². The lowest BCUT2D eigenvalue weighted by atomic mass is 10.1. The van der Waals surface area contributed by atoms with Gasteiger partial charge in [0.2, 0.25) is 0 Å². The second kappa shape index (κ2) is 34.1. The van der Waals surface area contributed by atoms with Crippen LogP contribution in [0.1, 0.15) is 168 Å². The zero-order valence-electron chi connectivity index (χ0n) is 29.6. The minimum Gasteiger partial charge on any atom is -0.457 e. The number of esters is 1. The van der Waals surface area contributed by atoms with Crippen LogP contribution in [0.5, 0.6) is 0 Å². The van der Waals surface area contributed by atoms with Crippen LogP contribution in [0.2, 0.25) is 0 Å². The van der Waals surface area contributed by atoms with Gasteiger partial charge in [-0.1, -0.05) is 135 Å². The van der Waals surface area contributed by atoms with Crippen LogP contribution in [-0.2, 0) is 27.9 Å². The molecule has 0 rings (SSSR count). The lowest BCUT2D eigenvalue weighted by Gasteiger charge is -2.20. The monoisotopic (exact) mass is 678 g/mol. The number of rotatable bonds is 36. The fourth-order valence-corrected chi connectivity index (χ4v) is 5.84. The molecule has 10 heteroatoms. The predicted octanol–water partition coefficient (Wildman–Crippen LogP) is 9.36. The van der Waals surface area contributed by atoms with Crippen molar-refractivity contribution in [1.82, 2.24) is 0 Å². The maximum Gasteiger partial charge on any atom is 0.472 e. The van der Waals surface area contributed by atoms with Crippen LogP contribution in [0, 0.1) is 0 Å². The smallest absolute Gasteiger partial charge is 0.457 e. The summed E-state index contributed by atoms with van der Waals surface area (Å²) < 4.78 is 33.1. The Labute approximate surface area is 281 Å². The quantitative estimate of drug-likeness (QED) is 0.0257. The first-order chi connectivity index (χ1) is 22.3. The van der Waals surface area contributed by atoms with Gasteiger partial charge in [-0.05, 0) is 38.5 Å². The Hall–Kier alpha value is -0.800. The number of hydrogen-bond donors (Lipinski definition) is 3. The number of unbranched alkanes of at least 4 members (excludes halogenated alkanes) is 20. The standard InChI is InChI=1S/C36H71O9P/c1-3-5-7-9-11-13-14-15-16-17-18-19-20-21-22-24-26-28-36(39)45-35(33-44-46(40,41)43-31-34(38)30-37)32-42-29-27-25-23-12-10-8-6-4-2/h15-16,34-35,37-38H,3-14,17-33H2,1-2H3,(H,40,41)/b16-15-. The number of allylic oxidation sites excluding steroid dienone is 2. The molecule has 0 fully saturated rings. The molecular formula is C36H71O9P. The number of aliphatic hydroxyl groups excluding tert-OH is 2. The summed E-state index contributed by atoms with van der Waals surface area (Å²) in [5.74, 6) is -0.388. The van der Waals surface area contributed by atoms with Crippen LogP contribution in [0.3, 0.4) is 0 Å². The molecule has 0 amide bonds. The van der Waals surface area contributed by atoms with Gasteiger partial charge < -0.3 is 24.6 Å². The highest BCUT2D eigenvalue weighted by Gasteiger charge is 2.26. The number of phosphoric acid groups is 1. The summed E-state index contributed by atoms with van der Waals surface area (Å²) in [5.41, 5.74) is 0. The van der Waals surface area contributed by atoms with E-state index in [0.29, 0.717) is 6.61 Å². The van der Waals surface area contributed by atoms with E-state index in [1.165, 1.54) is 96.3 Å². The van der Waals surface area contributed by atoms with E-state index in [9.17, 15) is 19.4 Å². The summed E-state index contributed by atoms with van der Waals surface area (Å²) in [6.45, 7) is 3.49. The molecule has 0 bridgehead atoms. The van der Waals surface area contributed by atoms with E-state index in [-0.39, 0.29) is 25.6 Å². The van der Waals surface area contributed by atoms with Crippen LogP contribution in [-0.4, -0.2) is 66.3 Å². The van der Waals surface area contributed by atoms with E-state index in [2.05, 4.69) is 26.0 Å². The molecule has 0 aromatic carbocycles. The maximum atomic E-state index is 12.5. The number of ether oxygens (including phenoxy) is 2. The molecule has 0 aliphatic carbocycles. The van der Waals surface area contributed by atoms with E-state index >= 15 is 0 Å². The zero-order valence-corrected chi connectivity index (χ0v) is 30.4. The number of carbonyl (C=O) groups excluding carboxylic acids is 1. The molecular weight excluding hydrogens is 607 g/mol. The summed E-state index contributed by atoms with van der Waals surface area (Å²) in [5, 5.41) is 18.2. The molecule has 0 spiro atoms. The number of carbonyl (C=O) groups is 1. The zero-order chi connectivity index (χ0) is 34.0. The summed E-state index contributed by atoms with van der Waals surface area (Å²) in [6.07, 6.45) is 30.3. The molecule has 0 saturated carbocycles. The lowest BCUT2D eigenvalue weighted by molar-refractivity contribution is -0.154. The first-order valence-corrected chi connectivity index (χ1v) is 20.2. The summed E-state index contributed by atoms with van der Waals surface area (Å²) >= 11 is 0. The number of phosphoric ester groups is 1. The predicted molar refractivity (Wildman–Crippen MR) is 187 cm³/mol. The average molecular weight is 679 g/mol. The molecule has 0 aliphatic heterocycles. The van der Waals surface area contributed by atoms with Crippen molar-refractivity contribution in [3.05, 3.63) is 12.2 Å². The first-order valence-electron chi connectivity index (χ1n) is 18.7. The second-order valence-electron chi connectivity index (χ2n) is 12.6. The van der Waals surface area contributed by atoms with Crippen molar-refractivity contribution >= 4 is 13.8 Å². The van der Waals surface area contributed by atoms with E-state index in [0.717, 1.165) is 51.4 Å². The molecule has 0 saturated heterocycles. The number of aliphatic hydroxyl groups is 2. The number of hydrogen-bond acceptors (Lipinski definition) is 8. The molecule has 0 aromatic heterocycles. The largest absolute Gasteiger partial charge is 0.472 e. The molecule has 0 aliphatic rings. The van der Waals surface area contributed by atoms with Crippen LogP contribution in [0.4, 0.5) is 0 Å². The van der Waals surface area contributed by atoms with Crippen molar-refractivity contribution in [1.29, 1.82) is 0 Å². The van der Waals surface area contributed by atoms with Crippen LogP contribution < -0.4 is 0 Å². The summed E-state index contributed by atoms with van der Waals surface area (Å²) in [7, 11) is -4.50. The fraction of sp³-hybridized carbons (Fsp3) is 0.917. The van der Waals surface area contributed by atoms with Gasteiger partial charge in [-0.15, -0.1) is 0 Å². The molecule has 0 aromatic rings. The van der Waals surface area contributed by atoms with Gasteiger partial charge in [-0.2, -0.15) is 0 Å². The normalized spacial score (nSPS) is 14.5. The van der Waals surface area contributed by atoms with E-state index in [1.807, 2.05) is 0 Å². The topological polar surface area (TPSA) is 132 Å². The van der Waals surface area contributed by atoms with E-state index < -0.39 is 33.2 Å².